The maximum atomic E-state index is 7.03. The number of unbranched alkanes of at least 4 members (excludes halogenated alkanes) is 1. The summed E-state index contributed by atoms with van der Waals surface area (Å²) in [5.41, 5.74) is 18.2. The van der Waals surface area contributed by atoms with Gasteiger partial charge in [0.15, 0.2) is 0 Å². The van der Waals surface area contributed by atoms with Crippen molar-refractivity contribution in [1.29, 1.82) is 0 Å². The fourth-order valence-corrected chi connectivity index (χ4v) is 11.2. The van der Waals surface area contributed by atoms with E-state index in [1.54, 1.807) is 0 Å². The maximum absolute atomic E-state index is 7.03. The first-order chi connectivity index (χ1) is 23.3. The molecule has 282 valence electrons. The van der Waals surface area contributed by atoms with Crippen LogP contribution in [0.1, 0.15) is 124 Å². The van der Waals surface area contributed by atoms with Gasteiger partial charge in [-0.1, -0.05) is 34.1 Å². The summed E-state index contributed by atoms with van der Waals surface area (Å²) in [7, 11) is 0. The Morgan fingerprint density at radius 2 is 1.35 bits per heavy atom. The predicted molar refractivity (Wildman–Crippen MR) is 200 cm³/mol. The molecule has 0 saturated heterocycles. The Hall–Kier alpha value is -0.320. The highest BCUT2D eigenvalue weighted by atomic mass is 16.5. The number of nitrogens with one attached hydrogen (secondary N) is 2. The standard InChI is InChI=1S/C40H79N5O3/c1-5-6-20-44-22-11-23-45-21-7-12-30(2)33-13-14-34-38-35(29-37(40(33,34)4)48-26-10-19-43)39(3)16-15-32(46-24-8-17-41)27-31(39)28-36(38)47-25-9-18-42/h30-38,44-45H,5-29,41-43H2,1-4H3/t30-,31?,32-,33?,34+,35+,36-,37+,38?,39+,40-/m1/s1. The molecule has 4 rings (SSSR count). The Morgan fingerprint density at radius 1 is 0.708 bits per heavy atom. The molecule has 8 heteroatoms. The van der Waals surface area contributed by atoms with Gasteiger partial charge in [-0.15, -0.1) is 0 Å². The van der Waals surface area contributed by atoms with Crippen LogP contribution in [0, 0.1) is 46.3 Å². The number of nitrogens with two attached hydrogens (primary N) is 3. The van der Waals surface area contributed by atoms with Gasteiger partial charge in [0.05, 0.1) is 18.3 Å². The Labute approximate surface area is 295 Å². The van der Waals surface area contributed by atoms with Crippen LogP contribution >= 0.6 is 0 Å². The van der Waals surface area contributed by atoms with Crippen molar-refractivity contribution in [2.75, 3.05) is 65.6 Å². The van der Waals surface area contributed by atoms with Gasteiger partial charge in [0.1, 0.15) is 0 Å². The minimum atomic E-state index is 0.175. The van der Waals surface area contributed by atoms with Gasteiger partial charge in [-0.25, -0.2) is 0 Å². The van der Waals surface area contributed by atoms with E-state index in [4.69, 9.17) is 31.4 Å². The third-order valence-electron chi connectivity index (χ3n) is 13.9. The van der Waals surface area contributed by atoms with Crippen LogP contribution in [0.5, 0.6) is 0 Å². The molecule has 11 atom stereocenters. The van der Waals surface area contributed by atoms with Crippen LogP contribution in [0.3, 0.4) is 0 Å². The average Bonchev–Trinajstić information content (AvgIpc) is 3.44. The fourth-order valence-electron chi connectivity index (χ4n) is 11.2. The molecule has 0 spiro atoms. The van der Waals surface area contributed by atoms with Gasteiger partial charge < -0.3 is 42.0 Å². The molecule has 0 amide bonds. The Morgan fingerprint density at radius 3 is 2.04 bits per heavy atom. The van der Waals surface area contributed by atoms with Crippen molar-refractivity contribution < 1.29 is 14.2 Å². The zero-order chi connectivity index (χ0) is 34.4. The highest BCUT2D eigenvalue weighted by Gasteiger charge is 2.66. The number of hydrogen-bond donors (Lipinski definition) is 5. The molecule has 8 N–H and O–H groups in total. The molecule has 0 aliphatic heterocycles. The smallest absolute Gasteiger partial charge is 0.0637 e. The quantitative estimate of drug-likeness (QED) is 0.0805. The molecule has 0 bridgehead atoms. The molecule has 4 saturated carbocycles. The number of ether oxygens (including phenoxy) is 3. The minimum absolute atomic E-state index is 0.175. The van der Waals surface area contributed by atoms with E-state index in [1.807, 2.05) is 0 Å². The summed E-state index contributed by atoms with van der Waals surface area (Å²) in [6.07, 6.45) is 18.7. The van der Waals surface area contributed by atoms with E-state index in [2.05, 4.69) is 38.3 Å². The first-order valence-corrected chi connectivity index (χ1v) is 20.7. The van der Waals surface area contributed by atoms with Crippen LogP contribution in [-0.4, -0.2) is 83.9 Å². The van der Waals surface area contributed by atoms with Gasteiger partial charge in [-0.05, 0) is 177 Å². The van der Waals surface area contributed by atoms with E-state index in [0.29, 0.717) is 78.9 Å². The zero-order valence-corrected chi connectivity index (χ0v) is 31.8. The van der Waals surface area contributed by atoms with Crippen molar-refractivity contribution in [3.05, 3.63) is 0 Å². The normalized spacial score (nSPS) is 36.8. The molecular formula is C40H79N5O3. The summed E-state index contributed by atoms with van der Waals surface area (Å²) in [4.78, 5) is 0. The van der Waals surface area contributed by atoms with Crippen LogP contribution in [0.4, 0.5) is 0 Å². The second-order valence-corrected chi connectivity index (χ2v) is 16.8. The van der Waals surface area contributed by atoms with E-state index in [0.717, 1.165) is 71.7 Å². The predicted octanol–water partition coefficient (Wildman–Crippen LogP) is 5.85. The van der Waals surface area contributed by atoms with Crippen LogP contribution in [-0.2, 0) is 14.2 Å². The minimum Gasteiger partial charge on any atom is -0.378 e. The molecule has 48 heavy (non-hydrogen) atoms. The summed E-state index contributed by atoms with van der Waals surface area (Å²) in [5, 5.41) is 7.30. The zero-order valence-electron chi connectivity index (χ0n) is 31.8. The number of hydrogen-bond acceptors (Lipinski definition) is 8. The lowest BCUT2D eigenvalue weighted by Crippen LogP contribution is -2.63. The Bertz CT molecular complexity index is 882. The van der Waals surface area contributed by atoms with Crippen LogP contribution in [0.25, 0.3) is 0 Å². The monoisotopic (exact) mass is 678 g/mol. The summed E-state index contributed by atoms with van der Waals surface area (Å²) in [5.74, 6) is 3.88. The van der Waals surface area contributed by atoms with E-state index in [-0.39, 0.29) is 5.41 Å². The molecular weight excluding hydrogens is 598 g/mol. The van der Waals surface area contributed by atoms with Gasteiger partial charge in [0.25, 0.3) is 0 Å². The van der Waals surface area contributed by atoms with E-state index < -0.39 is 0 Å². The van der Waals surface area contributed by atoms with Gasteiger partial charge >= 0.3 is 0 Å². The summed E-state index contributed by atoms with van der Waals surface area (Å²) < 4.78 is 20.4. The average molecular weight is 678 g/mol. The first kappa shape index (κ1) is 40.5. The molecule has 0 heterocycles. The van der Waals surface area contributed by atoms with Crippen LogP contribution < -0.4 is 27.8 Å². The molecule has 4 aliphatic carbocycles. The molecule has 0 aromatic carbocycles. The van der Waals surface area contributed by atoms with Crippen molar-refractivity contribution in [1.82, 2.24) is 10.6 Å². The summed E-state index contributed by atoms with van der Waals surface area (Å²) in [6, 6.07) is 0. The fraction of sp³-hybridized carbons (Fsp3) is 1.00. The largest absolute Gasteiger partial charge is 0.378 e. The van der Waals surface area contributed by atoms with Crippen LogP contribution in [0.2, 0.25) is 0 Å². The van der Waals surface area contributed by atoms with Gasteiger partial charge in [0.2, 0.25) is 0 Å². The molecule has 3 unspecified atom stereocenters. The maximum Gasteiger partial charge on any atom is 0.0637 e. The van der Waals surface area contributed by atoms with Crippen LogP contribution in [0.15, 0.2) is 0 Å². The van der Waals surface area contributed by atoms with Crippen molar-refractivity contribution in [2.24, 2.45) is 63.5 Å². The number of rotatable bonds is 24. The highest BCUT2D eigenvalue weighted by molar-refractivity contribution is 5.15. The van der Waals surface area contributed by atoms with Gasteiger partial charge in [-0.2, -0.15) is 0 Å². The molecule has 0 aromatic rings. The van der Waals surface area contributed by atoms with Crippen molar-refractivity contribution in [3.8, 4) is 0 Å². The Kier molecular flexibility index (Phi) is 17.4. The third-order valence-corrected chi connectivity index (χ3v) is 13.9. The first-order valence-electron chi connectivity index (χ1n) is 20.7. The lowest BCUT2D eigenvalue weighted by atomic mass is 9.43. The molecule has 4 fully saturated rings. The highest BCUT2D eigenvalue weighted by Crippen LogP contribution is 2.69. The topological polar surface area (TPSA) is 130 Å². The SMILES string of the molecule is CCCCNCCCNCCC[C@@H](C)C1CC[C@H]2C3[C@H](OCCCN)CC4C[C@H](OCCCN)CC[C@]4(C)[C@H]3C[C@H](OCCCN)[C@]12C. The molecule has 0 radical (unpaired) electrons. The van der Waals surface area contributed by atoms with E-state index in [1.165, 1.54) is 70.6 Å². The van der Waals surface area contributed by atoms with Crippen molar-refractivity contribution in [3.63, 3.8) is 0 Å². The van der Waals surface area contributed by atoms with Gasteiger partial charge in [0, 0.05) is 25.2 Å². The lowest BCUT2D eigenvalue weighted by Gasteiger charge is -2.65. The van der Waals surface area contributed by atoms with Crippen molar-refractivity contribution >= 4 is 0 Å². The molecule has 0 aromatic heterocycles. The van der Waals surface area contributed by atoms with Crippen molar-refractivity contribution in [2.45, 2.75) is 142 Å². The molecule has 8 nitrogen and oxygen atoms in total. The second kappa shape index (κ2) is 20.7. The number of fused-ring (bicyclic) bond motifs is 5. The van der Waals surface area contributed by atoms with E-state index in [9.17, 15) is 0 Å². The van der Waals surface area contributed by atoms with Gasteiger partial charge in [-0.3, -0.25) is 0 Å². The summed E-state index contributed by atoms with van der Waals surface area (Å²) in [6.45, 7) is 19.1. The Balaban J connectivity index is 1.46. The summed E-state index contributed by atoms with van der Waals surface area (Å²) >= 11 is 0. The second-order valence-electron chi connectivity index (χ2n) is 16.8. The molecule has 4 aliphatic rings. The third kappa shape index (κ3) is 9.96. The van der Waals surface area contributed by atoms with E-state index >= 15 is 0 Å². The lowest BCUT2D eigenvalue weighted by molar-refractivity contribution is -0.227.